The van der Waals surface area contributed by atoms with Crippen LogP contribution in [0.5, 0.6) is 0 Å². The molecule has 0 spiro atoms. The maximum absolute atomic E-state index is 12.2. The second kappa shape index (κ2) is 41.2. The monoisotopic (exact) mass is 2080 g/mol. The molecule has 101 heavy (non-hydrogen) atoms. The van der Waals surface area contributed by atoms with Crippen LogP contribution in [-0.4, -0.2) is 194 Å². The summed E-state index contributed by atoms with van der Waals surface area (Å²) in [6.45, 7) is 55.5. The SMILES string of the molecule is CCC1O[C@H](O[C@@H]2C(CC)O[C@H](O[C@H]3C(CC)O[C@@H](O[C@H]4C(C)O[C@@H](O[C@@H]5C(CC)O[C@H](O[C@H]6C(C)C(C)[C@@H](O[C@H]7C(CC)O[C@@H](C)C(C)[C@H]7C)O[C@H]6C)C(C)C5O)C(C)[C@H]4C)C(C)[C@H]3C)C(O)C2C)C(C)C(C)[C@@H]1O[C@@H]1OC(CC)[C@H](O[C@@H]2OC(CC)[C@H](C)[C@H](C)C2C)[C@H](C)C1O.[Ac].[Ac].[Ac]. The van der Waals surface area contributed by atoms with E-state index >= 15 is 0 Å². The largest absolute Gasteiger partial charge is 0.390 e. The molecule has 0 amide bonds. The van der Waals surface area contributed by atoms with Crippen molar-refractivity contribution in [3.8, 4) is 0 Å². The topological polar surface area (TPSA) is 218 Å². The van der Waals surface area contributed by atoms with Crippen LogP contribution in [0.15, 0.2) is 0 Å². The Hall–Kier alpha value is 3.52. The van der Waals surface area contributed by atoms with Gasteiger partial charge in [0.05, 0.1) is 110 Å². The first-order valence-corrected chi connectivity index (χ1v) is 39.6. The molecule has 45 atom stereocenters. The van der Waals surface area contributed by atoms with Gasteiger partial charge < -0.3 is 95.8 Å². The molecular formula is C78H140Ac3O20. The minimum Gasteiger partial charge on any atom is -0.390 e. The summed E-state index contributed by atoms with van der Waals surface area (Å²) in [5.41, 5.74) is 0. The normalized spacial score (nSPS) is 52.9. The second-order valence-electron chi connectivity index (χ2n) is 32.9. The van der Waals surface area contributed by atoms with Crippen LogP contribution in [0, 0.1) is 227 Å². The first kappa shape index (κ1) is 93.4. The van der Waals surface area contributed by atoms with Crippen LogP contribution in [0.25, 0.3) is 0 Å². The molecule has 0 saturated carbocycles. The molecule has 9 aliphatic heterocycles. The minimum absolute atomic E-state index is 0. The number of hydrogen-bond donors (Lipinski definition) is 3. The van der Waals surface area contributed by atoms with Gasteiger partial charge in [0.15, 0.2) is 50.3 Å². The molecule has 0 aliphatic carbocycles. The van der Waals surface area contributed by atoms with Gasteiger partial charge in [0.2, 0.25) is 0 Å². The van der Waals surface area contributed by atoms with Crippen molar-refractivity contribution >= 4 is 0 Å². The second-order valence-corrected chi connectivity index (χ2v) is 32.9. The summed E-state index contributed by atoms with van der Waals surface area (Å²) < 4.78 is 116. The van der Waals surface area contributed by atoms with Crippen molar-refractivity contribution in [1.82, 2.24) is 0 Å². The van der Waals surface area contributed by atoms with Crippen LogP contribution in [-0.2, 0) is 80.5 Å². The van der Waals surface area contributed by atoms with E-state index < -0.39 is 98.8 Å². The molecule has 9 aliphatic rings. The molecule has 23 heteroatoms. The van der Waals surface area contributed by atoms with E-state index in [4.69, 9.17) is 80.5 Å². The van der Waals surface area contributed by atoms with Gasteiger partial charge in [-0.1, -0.05) is 159 Å². The Balaban J connectivity index is 0.00000535. The summed E-state index contributed by atoms with van der Waals surface area (Å²) >= 11 is 0. The number of hydrogen-bond acceptors (Lipinski definition) is 20. The van der Waals surface area contributed by atoms with Gasteiger partial charge in [-0.3, -0.25) is 0 Å². The molecule has 9 heterocycles. The van der Waals surface area contributed by atoms with Gasteiger partial charge >= 0.3 is 0 Å². The Morgan fingerprint density at radius 3 is 0.762 bits per heavy atom. The van der Waals surface area contributed by atoms with Crippen molar-refractivity contribution in [2.75, 3.05) is 0 Å². The average Bonchev–Trinajstić information content (AvgIpc) is 0.778. The molecule has 21 unspecified atom stereocenters. The molecule has 20 nitrogen and oxygen atoms in total. The maximum Gasteiger partial charge on any atom is 0.184 e. The number of rotatable bonds is 23. The predicted octanol–water partition coefficient (Wildman–Crippen LogP) is 12.8. The molecule has 9 fully saturated rings. The summed E-state index contributed by atoms with van der Waals surface area (Å²) in [5, 5.41) is 36.3. The predicted molar refractivity (Wildman–Crippen MR) is 371 cm³/mol. The van der Waals surface area contributed by atoms with Gasteiger partial charge in [0.25, 0.3) is 0 Å². The maximum atomic E-state index is 12.2. The molecular weight excluding hydrogens is 1940 g/mol. The fourth-order valence-electron chi connectivity index (χ4n) is 18.1. The zero-order valence-corrected chi connectivity index (χ0v) is 81.2. The van der Waals surface area contributed by atoms with Crippen molar-refractivity contribution < 1.29 is 228 Å². The Kier molecular flexibility index (Phi) is 38.1. The molecule has 0 bridgehead atoms. The van der Waals surface area contributed by atoms with Crippen LogP contribution in [0.2, 0.25) is 0 Å². The Morgan fingerprint density at radius 2 is 0.416 bits per heavy atom. The van der Waals surface area contributed by atoms with Gasteiger partial charge in [-0.25, -0.2) is 0 Å². The molecule has 3 radical (unpaired) electrons. The van der Waals surface area contributed by atoms with E-state index in [2.05, 4.69) is 152 Å². The summed E-state index contributed by atoms with van der Waals surface area (Å²) in [7, 11) is 0. The number of aliphatic hydroxyl groups is 3. The fraction of sp³-hybridized carbons (Fsp3) is 1.00. The molecule has 9 rings (SSSR count). The minimum atomic E-state index is -1.01. The van der Waals surface area contributed by atoms with Gasteiger partial charge in [0, 0.05) is 180 Å². The molecule has 3 N–H and O–H groups in total. The van der Waals surface area contributed by atoms with Crippen LogP contribution in [0.3, 0.4) is 0 Å². The smallest absolute Gasteiger partial charge is 0.184 e. The standard InChI is InChI=1S/C78H140O20.3Ac/c1-27-53-36(10)34(8)42(16)73(85-53)94-68-47(21)61(80)77(89-57(68)31-5)97-67-41(15)46(20)75(87-56(67)30-4)95-69-48(22)62(81)78(90-58(69)32-6)96-66-40(14)45(19)74(86-55(66)29-3)91-63-39(13)44(18)72(84-51(63)25)98-70-59(33-7)88-76(49(23)60(70)79)92-64-38(12)43(17)71(83-52(64)26)93-65-37(11)35(9)50(24)82-54(65)28-2;;;/h34-81H,27-33H2,1-26H3;;;/t34-,35?,36+,37+,38?,39+,40+,41?,42?,43?,44?,45?,46?,47+,48?,49?,50-,51?,52-,53?,54?,55?,56?,57?,58?,59?,60?,61?,62?,63+,64-,65+,66+,67-,68+,69-,70+,71+,72-,73-,74-,75+,76+,77-,78+;;;/m0.../s1. The van der Waals surface area contributed by atoms with Crippen molar-refractivity contribution in [2.24, 2.45) is 94.7 Å². The fourth-order valence-corrected chi connectivity index (χ4v) is 18.1. The van der Waals surface area contributed by atoms with Crippen LogP contribution < -0.4 is 0 Å². The van der Waals surface area contributed by atoms with Crippen LogP contribution in [0.4, 0.5) is 0 Å². The van der Waals surface area contributed by atoms with E-state index in [-0.39, 0.29) is 283 Å². The van der Waals surface area contributed by atoms with Crippen molar-refractivity contribution in [3.63, 3.8) is 0 Å². The first-order chi connectivity index (χ1) is 46.4. The third-order valence-corrected chi connectivity index (χ3v) is 27.1. The zero-order chi connectivity index (χ0) is 72.0. The van der Waals surface area contributed by atoms with Crippen molar-refractivity contribution in [3.05, 3.63) is 0 Å². The van der Waals surface area contributed by atoms with Crippen molar-refractivity contribution in [2.45, 2.75) is 403 Å². The van der Waals surface area contributed by atoms with E-state index in [1.807, 2.05) is 27.7 Å². The average molecular weight is 2080 g/mol. The van der Waals surface area contributed by atoms with Gasteiger partial charge in [-0.2, -0.15) is 0 Å². The van der Waals surface area contributed by atoms with Crippen molar-refractivity contribution in [1.29, 1.82) is 0 Å². The molecule has 0 aromatic heterocycles. The zero-order valence-electron chi connectivity index (χ0n) is 66.9. The van der Waals surface area contributed by atoms with E-state index in [1.54, 1.807) is 0 Å². The summed E-state index contributed by atoms with van der Waals surface area (Å²) in [5.74, 6) is 0.394. The van der Waals surface area contributed by atoms with Crippen LogP contribution >= 0.6 is 0 Å². The van der Waals surface area contributed by atoms with E-state index in [0.29, 0.717) is 55.8 Å². The van der Waals surface area contributed by atoms with Gasteiger partial charge in [-0.05, 0) is 113 Å². The Bertz CT molecular complexity index is 2400. The molecule has 0 aromatic carbocycles. The number of ether oxygens (including phenoxy) is 17. The molecule has 9 saturated heterocycles. The summed E-state index contributed by atoms with van der Waals surface area (Å²) in [6.07, 6.45) is -8.04. The summed E-state index contributed by atoms with van der Waals surface area (Å²) in [6, 6.07) is 0. The summed E-state index contributed by atoms with van der Waals surface area (Å²) in [4.78, 5) is 0. The van der Waals surface area contributed by atoms with E-state index in [9.17, 15) is 15.3 Å². The first-order valence-electron chi connectivity index (χ1n) is 39.6. The quantitative estimate of drug-likeness (QED) is 0.0866. The third-order valence-electron chi connectivity index (χ3n) is 27.1. The molecule has 0 aromatic rings. The number of aliphatic hydroxyl groups excluding tert-OH is 3. The van der Waals surface area contributed by atoms with Gasteiger partial charge in [0.1, 0.15) is 18.3 Å². The van der Waals surface area contributed by atoms with Crippen LogP contribution in [0.1, 0.15) is 225 Å². The Morgan fingerprint density at radius 1 is 0.188 bits per heavy atom. The molecule has 581 valence electrons. The Labute approximate surface area is 717 Å². The van der Waals surface area contributed by atoms with E-state index in [0.717, 1.165) is 12.8 Å². The third kappa shape index (κ3) is 20.3. The van der Waals surface area contributed by atoms with E-state index in [1.165, 1.54) is 0 Å². The van der Waals surface area contributed by atoms with Gasteiger partial charge in [-0.15, -0.1) is 0 Å².